The number of hydrazine groups is 1. The number of hydrogen-bond donors (Lipinski definition) is 3. The van der Waals surface area contributed by atoms with Crippen LogP contribution >= 0.6 is 0 Å². The molecule has 1 atom stereocenters. The second-order valence-electron chi connectivity index (χ2n) is 2.33. The molecule has 0 amide bonds. The van der Waals surface area contributed by atoms with Crippen molar-refractivity contribution < 1.29 is 5.11 Å². The molecule has 0 aliphatic rings. The predicted molar refractivity (Wildman–Crippen MR) is 40.5 cm³/mol. The molecule has 0 saturated heterocycles. The van der Waals surface area contributed by atoms with Gasteiger partial charge in [-0.15, -0.1) is 0 Å². The van der Waals surface area contributed by atoms with Gasteiger partial charge in [-0.25, -0.2) is 5.84 Å². The largest absolute Gasteiger partial charge is 0.403 e. The summed E-state index contributed by atoms with van der Waals surface area (Å²) in [5, 5.41) is 10.1. The van der Waals surface area contributed by atoms with Crippen molar-refractivity contribution in [2.45, 2.75) is 6.92 Å². The lowest BCUT2D eigenvalue weighted by Gasteiger charge is -2.16. The zero-order valence-corrected chi connectivity index (χ0v) is 6.20. The molecule has 0 aliphatic heterocycles. The molecule has 1 unspecified atom stereocenters. The van der Waals surface area contributed by atoms with E-state index in [0.29, 0.717) is 6.54 Å². The van der Waals surface area contributed by atoms with Crippen molar-refractivity contribution in [1.29, 1.82) is 0 Å². The summed E-state index contributed by atoms with van der Waals surface area (Å²) in [5.74, 6) is 5.60. The first-order valence-corrected chi connectivity index (χ1v) is 3.21. The van der Waals surface area contributed by atoms with E-state index in [1.165, 1.54) is 11.2 Å². The molecule has 10 heavy (non-hydrogen) atoms. The van der Waals surface area contributed by atoms with E-state index in [9.17, 15) is 0 Å². The second-order valence-corrected chi connectivity index (χ2v) is 2.33. The molecular formula is C6H15N3O. The normalized spacial score (nSPS) is 13.9. The van der Waals surface area contributed by atoms with Crippen molar-refractivity contribution in [3.05, 3.63) is 12.4 Å². The maximum Gasteiger partial charge on any atom is 0.0474 e. The zero-order chi connectivity index (χ0) is 7.98. The van der Waals surface area contributed by atoms with Gasteiger partial charge in [0.05, 0.1) is 0 Å². The molecule has 0 spiro atoms. The van der Waals surface area contributed by atoms with Crippen molar-refractivity contribution in [3.8, 4) is 0 Å². The molecule has 0 bridgehead atoms. The molecule has 0 saturated carbocycles. The fraction of sp³-hybridized carbons (Fsp3) is 0.667. The van der Waals surface area contributed by atoms with Crippen LogP contribution in [0.15, 0.2) is 12.4 Å². The van der Waals surface area contributed by atoms with Crippen LogP contribution in [0.3, 0.4) is 0 Å². The van der Waals surface area contributed by atoms with E-state index in [-0.39, 0.29) is 12.5 Å². The summed E-state index contributed by atoms with van der Waals surface area (Å²) in [4.78, 5) is 0. The molecule has 0 aliphatic carbocycles. The van der Waals surface area contributed by atoms with E-state index < -0.39 is 0 Å². The lowest BCUT2D eigenvalue weighted by molar-refractivity contribution is 0.202. The van der Waals surface area contributed by atoms with Crippen LogP contribution in [0.4, 0.5) is 0 Å². The van der Waals surface area contributed by atoms with E-state index in [2.05, 4.69) is 0 Å². The van der Waals surface area contributed by atoms with Gasteiger partial charge in [0.15, 0.2) is 0 Å². The lowest BCUT2D eigenvalue weighted by Crippen LogP contribution is -2.31. The first-order chi connectivity index (χ1) is 4.70. The summed E-state index contributed by atoms with van der Waals surface area (Å²) in [7, 11) is 0. The minimum Gasteiger partial charge on any atom is -0.403 e. The quantitative estimate of drug-likeness (QED) is 0.358. The van der Waals surface area contributed by atoms with Crippen LogP contribution in [0.5, 0.6) is 0 Å². The Hall–Kier alpha value is -0.740. The highest BCUT2D eigenvalue weighted by Gasteiger charge is 2.00. The molecule has 5 N–H and O–H groups in total. The standard InChI is InChI=1S/C6H15N3O/c1-6(5-10)4-9(8)3-2-7/h2-3,6,10H,4-5,7-8H2,1H3/b3-2-. The Kier molecular flexibility index (Phi) is 4.70. The van der Waals surface area contributed by atoms with Crippen molar-refractivity contribution in [2.75, 3.05) is 13.2 Å². The van der Waals surface area contributed by atoms with Gasteiger partial charge >= 0.3 is 0 Å². The Morgan fingerprint density at radius 2 is 2.30 bits per heavy atom. The highest BCUT2D eigenvalue weighted by atomic mass is 16.3. The number of hydrogen-bond acceptors (Lipinski definition) is 4. The van der Waals surface area contributed by atoms with Gasteiger partial charge < -0.3 is 15.8 Å². The summed E-state index contributed by atoms with van der Waals surface area (Å²) in [6.07, 6.45) is 2.93. The van der Waals surface area contributed by atoms with Gasteiger partial charge in [-0.3, -0.25) is 0 Å². The monoisotopic (exact) mass is 145 g/mol. The third-order valence-electron chi connectivity index (χ3n) is 1.11. The highest BCUT2D eigenvalue weighted by Crippen LogP contribution is 1.93. The van der Waals surface area contributed by atoms with E-state index >= 15 is 0 Å². The van der Waals surface area contributed by atoms with E-state index in [1.54, 1.807) is 6.20 Å². The van der Waals surface area contributed by atoms with Gasteiger partial charge in [0, 0.05) is 25.6 Å². The smallest absolute Gasteiger partial charge is 0.0474 e. The maximum atomic E-state index is 8.61. The summed E-state index contributed by atoms with van der Waals surface area (Å²) >= 11 is 0. The third kappa shape index (κ3) is 4.17. The maximum absolute atomic E-state index is 8.61. The minimum absolute atomic E-state index is 0.145. The minimum atomic E-state index is 0.145. The number of aliphatic hydroxyl groups is 1. The molecule has 0 aromatic heterocycles. The van der Waals surface area contributed by atoms with E-state index in [0.717, 1.165) is 0 Å². The molecule has 0 radical (unpaired) electrons. The molecule has 60 valence electrons. The molecule has 0 heterocycles. The summed E-state index contributed by atoms with van der Waals surface area (Å²) in [5.41, 5.74) is 5.08. The lowest BCUT2D eigenvalue weighted by atomic mass is 10.2. The second kappa shape index (κ2) is 5.08. The van der Waals surface area contributed by atoms with Crippen molar-refractivity contribution in [2.24, 2.45) is 17.5 Å². The van der Waals surface area contributed by atoms with Gasteiger partial charge in [-0.2, -0.15) is 0 Å². The average molecular weight is 145 g/mol. The fourth-order valence-corrected chi connectivity index (χ4v) is 0.589. The highest BCUT2D eigenvalue weighted by molar-refractivity contribution is 4.74. The zero-order valence-electron chi connectivity index (χ0n) is 6.20. The van der Waals surface area contributed by atoms with Gasteiger partial charge in [-0.05, 0) is 5.92 Å². The Balaban J connectivity index is 3.46. The van der Waals surface area contributed by atoms with Gasteiger partial charge in [0.2, 0.25) is 0 Å². The van der Waals surface area contributed by atoms with Crippen LogP contribution < -0.4 is 11.6 Å². The van der Waals surface area contributed by atoms with E-state index in [4.69, 9.17) is 16.7 Å². The van der Waals surface area contributed by atoms with Crippen LogP contribution in [0.2, 0.25) is 0 Å². The van der Waals surface area contributed by atoms with Crippen LogP contribution in [0.1, 0.15) is 6.92 Å². The summed E-state index contributed by atoms with van der Waals surface area (Å²) < 4.78 is 0. The Labute approximate surface area is 61.1 Å². The first-order valence-electron chi connectivity index (χ1n) is 3.21. The van der Waals surface area contributed by atoms with Crippen LogP contribution in [-0.2, 0) is 0 Å². The van der Waals surface area contributed by atoms with Crippen LogP contribution in [-0.4, -0.2) is 23.3 Å². The Bertz CT molecular complexity index is 105. The number of aliphatic hydroxyl groups excluding tert-OH is 1. The molecule has 0 fully saturated rings. The molecule has 0 aromatic rings. The van der Waals surface area contributed by atoms with Crippen LogP contribution in [0, 0.1) is 5.92 Å². The SMILES string of the molecule is CC(CO)CN(N)/C=C\N. The molecule has 0 rings (SSSR count). The molecular weight excluding hydrogens is 130 g/mol. The van der Waals surface area contributed by atoms with Gasteiger partial charge in [0.1, 0.15) is 0 Å². The van der Waals surface area contributed by atoms with Gasteiger partial charge in [-0.1, -0.05) is 6.92 Å². The van der Waals surface area contributed by atoms with Crippen molar-refractivity contribution in [3.63, 3.8) is 0 Å². The fourth-order valence-electron chi connectivity index (χ4n) is 0.589. The first kappa shape index (κ1) is 9.26. The number of nitrogens with zero attached hydrogens (tertiary/aromatic N) is 1. The van der Waals surface area contributed by atoms with E-state index in [1.807, 2.05) is 6.92 Å². The van der Waals surface area contributed by atoms with Crippen molar-refractivity contribution in [1.82, 2.24) is 5.01 Å². The molecule has 4 nitrogen and oxygen atoms in total. The Morgan fingerprint density at radius 1 is 1.70 bits per heavy atom. The number of rotatable bonds is 4. The third-order valence-corrected chi connectivity index (χ3v) is 1.11. The van der Waals surface area contributed by atoms with Gasteiger partial charge in [0.25, 0.3) is 0 Å². The topological polar surface area (TPSA) is 75.5 Å². The number of nitrogens with two attached hydrogens (primary N) is 2. The molecule has 0 aromatic carbocycles. The Morgan fingerprint density at radius 3 is 2.70 bits per heavy atom. The average Bonchev–Trinajstić information content (AvgIpc) is 1.88. The summed E-state index contributed by atoms with van der Waals surface area (Å²) in [6.45, 7) is 2.67. The summed E-state index contributed by atoms with van der Waals surface area (Å²) in [6, 6.07) is 0. The molecule has 4 heteroatoms. The van der Waals surface area contributed by atoms with Crippen LogP contribution in [0.25, 0.3) is 0 Å². The van der Waals surface area contributed by atoms with Crippen molar-refractivity contribution >= 4 is 0 Å². The predicted octanol–water partition coefficient (Wildman–Crippen LogP) is -0.780.